The Morgan fingerprint density at radius 3 is 2.58 bits per heavy atom. The number of nitrogens with one attached hydrogen (secondary N) is 1. The molecule has 1 saturated heterocycles. The number of anilines is 2. The summed E-state index contributed by atoms with van der Waals surface area (Å²) >= 11 is 0. The molecular weight excluding hydrogens is 331 g/mol. The van der Waals surface area contributed by atoms with E-state index < -0.39 is 0 Å². The minimum atomic E-state index is -0.207. The van der Waals surface area contributed by atoms with E-state index in [4.69, 9.17) is 0 Å². The molecule has 0 spiro atoms. The van der Waals surface area contributed by atoms with Crippen molar-refractivity contribution in [3.8, 4) is 0 Å². The first-order valence-electron chi connectivity index (χ1n) is 8.63. The molecule has 1 unspecified atom stereocenters. The van der Waals surface area contributed by atoms with Crippen LogP contribution in [0.2, 0.25) is 0 Å². The van der Waals surface area contributed by atoms with Crippen LogP contribution in [-0.2, 0) is 6.54 Å². The van der Waals surface area contributed by atoms with E-state index in [-0.39, 0.29) is 11.9 Å². The summed E-state index contributed by atoms with van der Waals surface area (Å²) in [5.74, 6) is 0.753. The van der Waals surface area contributed by atoms with Gasteiger partial charge in [-0.25, -0.2) is 24.3 Å². The summed E-state index contributed by atoms with van der Waals surface area (Å²) in [4.78, 5) is 19.6. The Morgan fingerprint density at radius 2 is 1.77 bits per heavy atom. The fourth-order valence-electron chi connectivity index (χ4n) is 3.26. The first-order valence-corrected chi connectivity index (χ1v) is 8.63. The molecule has 0 radical (unpaired) electrons. The number of hydrogen-bond donors (Lipinski definition) is 1. The molecule has 6 nitrogen and oxygen atoms in total. The molecule has 3 aromatic rings. The second kappa shape index (κ2) is 7.53. The van der Waals surface area contributed by atoms with E-state index in [9.17, 15) is 4.39 Å². The van der Waals surface area contributed by atoms with E-state index >= 15 is 0 Å². The van der Waals surface area contributed by atoms with Gasteiger partial charge in [-0.05, 0) is 49.2 Å². The van der Waals surface area contributed by atoms with E-state index in [0.717, 1.165) is 37.2 Å². The summed E-state index contributed by atoms with van der Waals surface area (Å²) < 4.78 is 13.1. The van der Waals surface area contributed by atoms with Crippen LogP contribution in [0.15, 0.2) is 55.0 Å². The highest BCUT2D eigenvalue weighted by atomic mass is 19.1. The van der Waals surface area contributed by atoms with E-state index in [1.54, 1.807) is 24.7 Å². The van der Waals surface area contributed by atoms with Crippen molar-refractivity contribution >= 4 is 11.9 Å². The Labute approximate surface area is 151 Å². The average Bonchev–Trinajstić information content (AvgIpc) is 3.13. The van der Waals surface area contributed by atoms with Crippen LogP contribution < -0.4 is 5.32 Å². The van der Waals surface area contributed by atoms with Gasteiger partial charge in [0.25, 0.3) is 0 Å². The molecule has 132 valence electrons. The lowest BCUT2D eigenvalue weighted by Gasteiger charge is -2.24. The van der Waals surface area contributed by atoms with E-state index in [2.05, 4.69) is 30.2 Å². The monoisotopic (exact) mass is 350 g/mol. The lowest BCUT2D eigenvalue weighted by molar-refractivity contribution is 0.244. The Balaban J connectivity index is 1.50. The Kier molecular flexibility index (Phi) is 4.79. The van der Waals surface area contributed by atoms with Crippen LogP contribution in [0.5, 0.6) is 0 Å². The first-order chi connectivity index (χ1) is 12.8. The molecule has 0 saturated carbocycles. The summed E-state index contributed by atoms with van der Waals surface area (Å²) in [5, 5.41) is 3.03. The molecule has 2 aromatic heterocycles. The molecule has 1 atom stereocenters. The molecule has 1 N–H and O–H groups in total. The maximum absolute atomic E-state index is 13.1. The van der Waals surface area contributed by atoms with Crippen molar-refractivity contribution in [3.05, 3.63) is 72.1 Å². The van der Waals surface area contributed by atoms with Crippen molar-refractivity contribution in [1.82, 2.24) is 24.8 Å². The smallest absolute Gasteiger partial charge is 0.229 e. The van der Waals surface area contributed by atoms with Crippen LogP contribution in [-0.4, -0.2) is 31.4 Å². The molecular formula is C19H19FN6. The maximum atomic E-state index is 13.1. The highest BCUT2D eigenvalue weighted by Crippen LogP contribution is 2.32. The second-order valence-corrected chi connectivity index (χ2v) is 6.26. The molecule has 1 aliphatic rings. The zero-order valence-electron chi connectivity index (χ0n) is 14.2. The number of hydrogen-bond acceptors (Lipinski definition) is 6. The summed E-state index contributed by atoms with van der Waals surface area (Å²) in [6.07, 6.45) is 7.24. The Hall–Kier alpha value is -2.93. The fourth-order valence-corrected chi connectivity index (χ4v) is 3.26. The van der Waals surface area contributed by atoms with Crippen molar-refractivity contribution in [1.29, 1.82) is 0 Å². The normalized spacial score (nSPS) is 17.3. The Bertz CT molecular complexity index is 855. The van der Waals surface area contributed by atoms with Gasteiger partial charge in [-0.15, -0.1) is 0 Å². The third-order valence-corrected chi connectivity index (χ3v) is 4.47. The highest BCUT2D eigenvalue weighted by molar-refractivity contribution is 5.41. The largest absolute Gasteiger partial charge is 0.293 e. The molecule has 3 heterocycles. The predicted octanol–water partition coefficient (Wildman–Crippen LogP) is 3.49. The number of nitrogens with zero attached hydrogens (tertiary/aromatic N) is 5. The quantitative estimate of drug-likeness (QED) is 0.760. The van der Waals surface area contributed by atoms with Gasteiger partial charge in [-0.1, -0.05) is 12.1 Å². The van der Waals surface area contributed by atoms with Gasteiger partial charge in [0.1, 0.15) is 5.82 Å². The van der Waals surface area contributed by atoms with Crippen LogP contribution in [0.4, 0.5) is 16.3 Å². The molecule has 0 bridgehead atoms. The van der Waals surface area contributed by atoms with Crippen LogP contribution in [0.3, 0.4) is 0 Å². The lowest BCUT2D eigenvalue weighted by atomic mass is 10.1. The molecule has 1 aromatic carbocycles. The van der Waals surface area contributed by atoms with Crippen molar-refractivity contribution in [2.75, 3.05) is 11.9 Å². The highest BCUT2D eigenvalue weighted by Gasteiger charge is 2.27. The van der Waals surface area contributed by atoms with Gasteiger partial charge in [0.15, 0.2) is 0 Å². The molecule has 1 aliphatic heterocycles. The van der Waals surface area contributed by atoms with Gasteiger partial charge in [0.05, 0.1) is 11.7 Å². The third-order valence-electron chi connectivity index (χ3n) is 4.47. The molecule has 1 fully saturated rings. The second-order valence-electron chi connectivity index (χ2n) is 6.26. The third kappa shape index (κ3) is 3.83. The van der Waals surface area contributed by atoms with Crippen LogP contribution in [0.1, 0.15) is 30.1 Å². The van der Waals surface area contributed by atoms with Crippen molar-refractivity contribution < 1.29 is 4.39 Å². The standard InChI is InChI=1S/C19H19FN6/c20-15-6-4-14(5-7-15)13-26-12-1-3-17(26)16-8-11-23-19(24-16)25-18-21-9-2-10-22-18/h2,4-11,17H,1,3,12-13H2,(H,21,22,23,24,25). The average molecular weight is 350 g/mol. The minimum absolute atomic E-state index is 0.207. The number of aromatic nitrogens is 4. The van der Waals surface area contributed by atoms with Crippen molar-refractivity contribution in [2.24, 2.45) is 0 Å². The molecule has 0 aliphatic carbocycles. The van der Waals surface area contributed by atoms with Gasteiger partial charge >= 0.3 is 0 Å². The number of benzene rings is 1. The maximum Gasteiger partial charge on any atom is 0.229 e. The van der Waals surface area contributed by atoms with Gasteiger partial charge in [0, 0.05) is 25.1 Å². The zero-order valence-corrected chi connectivity index (χ0v) is 14.2. The molecule has 7 heteroatoms. The summed E-state index contributed by atoms with van der Waals surface area (Å²) in [6.45, 7) is 1.77. The first kappa shape index (κ1) is 16.5. The molecule has 0 amide bonds. The van der Waals surface area contributed by atoms with Crippen LogP contribution in [0.25, 0.3) is 0 Å². The number of likely N-dealkylation sites (tertiary alicyclic amines) is 1. The summed E-state index contributed by atoms with van der Waals surface area (Å²) in [6, 6.07) is 10.6. The van der Waals surface area contributed by atoms with Gasteiger partial charge in [-0.3, -0.25) is 10.2 Å². The summed E-state index contributed by atoms with van der Waals surface area (Å²) in [5.41, 5.74) is 2.07. The molecule has 4 rings (SSSR count). The van der Waals surface area contributed by atoms with Crippen molar-refractivity contribution in [3.63, 3.8) is 0 Å². The van der Waals surface area contributed by atoms with Gasteiger partial charge < -0.3 is 0 Å². The molecule has 26 heavy (non-hydrogen) atoms. The van der Waals surface area contributed by atoms with Gasteiger partial charge in [-0.2, -0.15) is 0 Å². The van der Waals surface area contributed by atoms with Crippen molar-refractivity contribution in [2.45, 2.75) is 25.4 Å². The minimum Gasteiger partial charge on any atom is -0.293 e. The lowest BCUT2D eigenvalue weighted by Crippen LogP contribution is -2.23. The topological polar surface area (TPSA) is 66.8 Å². The Morgan fingerprint density at radius 1 is 1.00 bits per heavy atom. The fraction of sp³-hybridized carbons (Fsp3) is 0.263. The van der Waals surface area contributed by atoms with Crippen LogP contribution >= 0.6 is 0 Å². The SMILES string of the molecule is Fc1ccc(CN2CCCC2c2ccnc(Nc3ncccn3)n2)cc1. The number of rotatable bonds is 5. The zero-order chi connectivity index (χ0) is 17.8. The number of halogens is 1. The predicted molar refractivity (Wildman–Crippen MR) is 96.1 cm³/mol. The van der Waals surface area contributed by atoms with E-state index in [1.165, 1.54) is 12.1 Å². The summed E-state index contributed by atoms with van der Waals surface area (Å²) in [7, 11) is 0. The van der Waals surface area contributed by atoms with E-state index in [1.807, 2.05) is 18.2 Å². The van der Waals surface area contributed by atoms with Gasteiger partial charge in [0.2, 0.25) is 11.9 Å². The van der Waals surface area contributed by atoms with Crippen LogP contribution in [0, 0.1) is 5.82 Å². The van der Waals surface area contributed by atoms with E-state index in [0.29, 0.717) is 11.9 Å².